The summed E-state index contributed by atoms with van der Waals surface area (Å²) >= 11 is 6.40. The SMILES string of the molecule is CC1Cc2cc(C(Cl)C(C)(C)S(C)(=O)=O)ccc2O1. The smallest absolute Gasteiger partial charge is 0.154 e. The normalized spacial score (nSPS) is 20.8. The lowest BCUT2D eigenvalue weighted by Gasteiger charge is -2.28. The van der Waals surface area contributed by atoms with Gasteiger partial charge < -0.3 is 4.74 Å². The van der Waals surface area contributed by atoms with Crippen molar-refractivity contribution in [3.63, 3.8) is 0 Å². The molecule has 0 radical (unpaired) electrons. The van der Waals surface area contributed by atoms with Gasteiger partial charge in [-0.1, -0.05) is 12.1 Å². The fourth-order valence-corrected chi connectivity index (χ4v) is 3.32. The van der Waals surface area contributed by atoms with Crippen LogP contribution in [0.15, 0.2) is 18.2 Å². The second-order valence-electron chi connectivity index (χ2n) is 5.74. The van der Waals surface area contributed by atoms with Crippen molar-refractivity contribution in [2.75, 3.05) is 6.26 Å². The molecule has 3 nitrogen and oxygen atoms in total. The van der Waals surface area contributed by atoms with Crippen LogP contribution in [0.4, 0.5) is 0 Å². The number of fused-ring (bicyclic) bond motifs is 1. The summed E-state index contributed by atoms with van der Waals surface area (Å²) in [5.41, 5.74) is 1.92. The maximum absolute atomic E-state index is 11.8. The van der Waals surface area contributed by atoms with Gasteiger partial charge in [-0.3, -0.25) is 0 Å². The first-order valence-electron chi connectivity index (χ1n) is 6.26. The summed E-state index contributed by atoms with van der Waals surface area (Å²) in [4.78, 5) is 0. The highest BCUT2D eigenvalue weighted by molar-refractivity contribution is 7.92. The van der Waals surface area contributed by atoms with Crippen molar-refractivity contribution < 1.29 is 13.2 Å². The van der Waals surface area contributed by atoms with Crippen LogP contribution in [0.3, 0.4) is 0 Å². The van der Waals surface area contributed by atoms with Gasteiger partial charge in [0.15, 0.2) is 9.84 Å². The van der Waals surface area contributed by atoms with E-state index in [1.165, 1.54) is 6.26 Å². The minimum Gasteiger partial charge on any atom is -0.490 e. The van der Waals surface area contributed by atoms with Crippen LogP contribution in [-0.2, 0) is 16.3 Å². The summed E-state index contributed by atoms with van der Waals surface area (Å²) in [5.74, 6) is 0.872. The number of alkyl halides is 1. The van der Waals surface area contributed by atoms with Gasteiger partial charge in [-0.15, -0.1) is 11.6 Å². The largest absolute Gasteiger partial charge is 0.490 e. The molecule has 1 heterocycles. The number of halogens is 1. The Balaban J connectivity index is 2.37. The van der Waals surface area contributed by atoms with E-state index in [-0.39, 0.29) is 6.10 Å². The van der Waals surface area contributed by atoms with E-state index in [9.17, 15) is 8.42 Å². The highest BCUT2D eigenvalue weighted by atomic mass is 35.5. The molecule has 106 valence electrons. The van der Waals surface area contributed by atoms with Gasteiger partial charge in [0.05, 0.1) is 10.1 Å². The molecule has 1 aromatic carbocycles. The first-order valence-corrected chi connectivity index (χ1v) is 8.59. The Bertz CT molecular complexity index is 593. The van der Waals surface area contributed by atoms with Crippen LogP contribution in [0.2, 0.25) is 0 Å². The molecule has 0 N–H and O–H groups in total. The Labute approximate surface area is 119 Å². The monoisotopic (exact) mass is 302 g/mol. The molecule has 1 aliphatic rings. The van der Waals surface area contributed by atoms with E-state index in [4.69, 9.17) is 16.3 Å². The van der Waals surface area contributed by atoms with E-state index >= 15 is 0 Å². The van der Waals surface area contributed by atoms with Gasteiger partial charge in [-0.25, -0.2) is 8.42 Å². The third-order valence-electron chi connectivity index (χ3n) is 3.78. The summed E-state index contributed by atoms with van der Waals surface area (Å²) in [6.07, 6.45) is 2.23. The molecule has 19 heavy (non-hydrogen) atoms. The van der Waals surface area contributed by atoms with Gasteiger partial charge in [-0.2, -0.15) is 0 Å². The maximum Gasteiger partial charge on any atom is 0.154 e. The van der Waals surface area contributed by atoms with Crippen molar-refractivity contribution in [2.45, 2.75) is 43.4 Å². The Morgan fingerprint density at radius 1 is 1.42 bits per heavy atom. The van der Waals surface area contributed by atoms with Gasteiger partial charge in [-0.05, 0) is 38.0 Å². The van der Waals surface area contributed by atoms with Gasteiger partial charge in [0.2, 0.25) is 0 Å². The molecule has 0 aliphatic carbocycles. The zero-order chi connectivity index (χ0) is 14.4. The molecule has 5 heteroatoms. The number of ether oxygens (including phenoxy) is 1. The summed E-state index contributed by atoms with van der Waals surface area (Å²) in [7, 11) is -3.24. The van der Waals surface area contributed by atoms with E-state index in [0.717, 1.165) is 23.3 Å². The standard InChI is InChI=1S/C14H19ClO3S/c1-9-7-11-8-10(5-6-12(11)18-9)13(15)14(2,3)19(4,16)17/h5-6,8-9,13H,7H2,1-4H3. The molecule has 2 unspecified atom stereocenters. The fourth-order valence-electron chi connectivity index (χ4n) is 2.19. The summed E-state index contributed by atoms with van der Waals surface area (Å²) in [6, 6.07) is 5.69. The van der Waals surface area contributed by atoms with Crippen LogP contribution in [0.5, 0.6) is 5.75 Å². The van der Waals surface area contributed by atoms with E-state index < -0.39 is 20.0 Å². The zero-order valence-corrected chi connectivity index (χ0v) is 13.2. The predicted molar refractivity (Wildman–Crippen MR) is 77.8 cm³/mol. The van der Waals surface area contributed by atoms with Crippen molar-refractivity contribution in [1.29, 1.82) is 0 Å². The molecule has 1 aliphatic heterocycles. The Hall–Kier alpha value is -0.740. The summed E-state index contributed by atoms with van der Waals surface area (Å²) in [6.45, 7) is 5.33. The Morgan fingerprint density at radius 2 is 2.05 bits per heavy atom. The lowest BCUT2D eigenvalue weighted by Crippen LogP contribution is -2.35. The van der Waals surface area contributed by atoms with Crippen molar-refractivity contribution in [2.24, 2.45) is 0 Å². The van der Waals surface area contributed by atoms with Crippen LogP contribution in [0.1, 0.15) is 37.3 Å². The quantitative estimate of drug-likeness (QED) is 0.806. The summed E-state index contributed by atoms with van der Waals surface area (Å²) in [5, 5.41) is -0.580. The van der Waals surface area contributed by atoms with Gasteiger partial charge in [0.1, 0.15) is 11.9 Å². The third kappa shape index (κ3) is 2.61. The van der Waals surface area contributed by atoms with Crippen LogP contribution in [-0.4, -0.2) is 25.5 Å². The van der Waals surface area contributed by atoms with Crippen molar-refractivity contribution in [3.8, 4) is 5.75 Å². The zero-order valence-electron chi connectivity index (χ0n) is 11.6. The second kappa shape index (κ2) is 4.67. The topological polar surface area (TPSA) is 43.4 Å². The highest BCUT2D eigenvalue weighted by Gasteiger charge is 2.39. The average Bonchev–Trinajstić information content (AvgIpc) is 2.65. The Kier molecular flexibility index (Phi) is 3.60. The van der Waals surface area contributed by atoms with Crippen molar-refractivity contribution in [3.05, 3.63) is 29.3 Å². The van der Waals surface area contributed by atoms with Crippen LogP contribution < -0.4 is 4.74 Å². The van der Waals surface area contributed by atoms with E-state index in [1.807, 2.05) is 25.1 Å². The van der Waals surface area contributed by atoms with E-state index in [2.05, 4.69) is 0 Å². The minimum absolute atomic E-state index is 0.168. The van der Waals surface area contributed by atoms with Gasteiger partial charge in [0, 0.05) is 12.7 Å². The number of rotatable bonds is 3. The number of hydrogen-bond acceptors (Lipinski definition) is 3. The lowest BCUT2D eigenvalue weighted by atomic mass is 9.98. The molecule has 0 aromatic heterocycles. The molecular weight excluding hydrogens is 284 g/mol. The van der Waals surface area contributed by atoms with Gasteiger partial charge in [0.25, 0.3) is 0 Å². The summed E-state index contributed by atoms with van der Waals surface area (Å²) < 4.78 is 28.3. The van der Waals surface area contributed by atoms with Gasteiger partial charge >= 0.3 is 0 Å². The average molecular weight is 303 g/mol. The van der Waals surface area contributed by atoms with Crippen LogP contribution in [0.25, 0.3) is 0 Å². The number of benzene rings is 1. The van der Waals surface area contributed by atoms with Crippen molar-refractivity contribution >= 4 is 21.4 Å². The molecule has 0 saturated carbocycles. The molecule has 0 fully saturated rings. The first kappa shape index (κ1) is 14.7. The molecule has 2 atom stereocenters. The fraction of sp³-hybridized carbons (Fsp3) is 0.571. The maximum atomic E-state index is 11.8. The van der Waals surface area contributed by atoms with E-state index in [0.29, 0.717) is 0 Å². The molecule has 0 bridgehead atoms. The lowest BCUT2D eigenvalue weighted by molar-refractivity contribution is 0.254. The van der Waals surface area contributed by atoms with Crippen LogP contribution in [0, 0.1) is 0 Å². The predicted octanol–water partition coefficient (Wildman–Crippen LogP) is 3.11. The third-order valence-corrected chi connectivity index (χ3v) is 6.85. The second-order valence-corrected chi connectivity index (χ2v) is 8.77. The molecular formula is C14H19ClO3S. The first-order chi connectivity index (χ1) is 8.63. The molecule has 0 saturated heterocycles. The minimum atomic E-state index is -3.24. The molecule has 0 spiro atoms. The van der Waals surface area contributed by atoms with E-state index in [1.54, 1.807) is 13.8 Å². The van der Waals surface area contributed by atoms with Crippen LogP contribution >= 0.6 is 11.6 Å². The molecule has 0 amide bonds. The molecule has 2 rings (SSSR count). The van der Waals surface area contributed by atoms with Crippen molar-refractivity contribution in [1.82, 2.24) is 0 Å². The Morgan fingerprint density at radius 3 is 2.63 bits per heavy atom. The number of hydrogen-bond donors (Lipinski definition) is 0. The highest BCUT2D eigenvalue weighted by Crippen LogP contribution is 2.40. The number of sulfone groups is 1. The molecule has 1 aromatic rings.